The number of benzene rings is 1. The van der Waals surface area contributed by atoms with E-state index in [1.165, 1.54) is 4.90 Å². The number of carbonyl (C=O) groups excluding carboxylic acids is 1. The molecule has 0 aliphatic heterocycles. The van der Waals surface area contributed by atoms with Crippen molar-refractivity contribution >= 4 is 11.6 Å². The van der Waals surface area contributed by atoms with Gasteiger partial charge in [-0.2, -0.15) is 0 Å². The monoisotopic (exact) mass is 268 g/mol. The van der Waals surface area contributed by atoms with Gasteiger partial charge in [-0.05, 0) is 18.6 Å². The third-order valence-corrected chi connectivity index (χ3v) is 2.83. The van der Waals surface area contributed by atoms with Crippen molar-refractivity contribution in [3.8, 4) is 0 Å². The molecule has 0 radical (unpaired) electrons. The van der Waals surface area contributed by atoms with Crippen molar-refractivity contribution < 1.29 is 14.1 Å². The molecule has 0 saturated carbocycles. The Balaban J connectivity index is 2.91. The van der Waals surface area contributed by atoms with Gasteiger partial charge in [-0.15, -0.1) is 0 Å². The van der Waals surface area contributed by atoms with Crippen LogP contribution in [0.5, 0.6) is 0 Å². The highest BCUT2D eigenvalue weighted by Crippen LogP contribution is 2.21. The van der Waals surface area contributed by atoms with E-state index in [4.69, 9.17) is 0 Å². The molecule has 1 amide bonds. The summed E-state index contributed by atoms with van der Waals surface area (Å²) >= 11 is 0. The van der Waals surface area contributed by atoms with Crippen LogP contribution in [0, 0.1) is 15.9 Å². The van der Waals surface area contributed by atoms with E-state index in [0.717, 1.165) is 37.5 Å². The lowest BCUT2D eigenvalue weighted by atomic mass is 10.1. The lowest BCUT2D eigenvalue weighted by Gasteiger charge is -2.16. The van der Waals surface area contributed by atoms with E-state index in [2.05, 4.69) is 0 Å². The molecule has 6 heteroatoms. The molecule has 0 bridgehead atoms. The number of carbonyl (C=O) groups is 1. The lowest BCUT2D eigenvalue weighted by Crippen LogP contribution is -2.28. The highest BCUT2D eigenvalue weighted by Gasteiger charge is 2.23. The van der Waals surface area contributed by atoms with Gasteiger partial charge in [-0.3, -0.25) is 14.9 Å². The molecular formula is C13H17FN2O3. The Kier molecular flexibility index (Phi) is 5.41. The predicted octanol–water partition coefficient (Wildman–Crippen LogP) is 3.00. The third-order valence-electron chi connectivity index (χ3n) is 2.83. The summed E-state index contributed by atoms with van der Waals surface area (Å²) in [4.78, 5) is 23.6. The fraction of sp³-hybridized carbons (Fsp3) is 0.462. The van der Waals surface area contributed by atoms with Crippen LogP contribution >= 0.6 is 0 Å². The van der Waals surface area contributed by atoms with Gasteiger partial charge in [0.1, 0.15) is 11.4 Å². The summed E-state index contributed by atoms with van der Waals surface area (Å²) in [6.45, 7) is 2.54. The summed E-state index contributed by atoms with van der Waals surface area (Å²) in [5.41, 5.74) is -0.572. The Labute approximate surface area is 111 Å². The molecule has 0 aromatic heterocycles. The quantitative estimate of drug-likeness (QED) is 0.452. The second kappa shape index (κ2) is 6.82. The average Bonchev–Trinajstić information content (AvgIpc) is 2.37. The maximum Gasteiger partial charge on any atom is 0.282 e. The maximum absolute atomic E-state index is 13.1. The molecule has 1 aromatic carbocycles. The fourth-order valence-corrected chi connectivity index (χ4v) is 1.74. The Morgan fingerprint density at radius 3 is 2.68 bits per heavy atom. The molecule has 0 saturated heterocycles. The average molecular weight is 268 g/mol. The zero-order valence-electron chi connectivity index (χ0n) is 11.1. The van der Waals surface area contributed by atoms with E-state index in [0.29, 0.717) is 6.54 Å². The fourth-order valence-electron chi connectivity index (χ4n) is 1.74. The van der Waals surface area contributed by atoms with E-state index >= 15 is 0 Å². The molecule has 19 heavy (non-hydrogen) atoms. The highest BCUT2D eigenvalue weighted by atomic mass is 19.1. The van der Waals surface area contributed by atoms with Crippen LogP contribution in [0.2, 0.25) is 0 Å². The zero-order valence-corrected chi connectivity index (χ0v) is 11.1. The van der Waals surface area contributed by atoms with Gasteiger partial charge < -0.3 is 4.90 Å². The molecule has 0 aliphatic carbocycles. The molecule has 0 aliphatic rings. The topological polar surface area (TPSA) is 63.5 Å². The Morgan fingerprint density at radius 2 is 2.11 bits per heavy atom. The molecule has 0 spiro atoms. The van der Waals surface area contributed by atoms with Crippen LogP contribution in [0.3, 0.4) is 0 Å². The van der Waals surface area contributed by atoms with E-state index in [9.17, 15) is 19.3 Å². The van der Waals surface area contributed by atoms with Crippen LogP contribution in [0.25, 0.3) is 0 Å². The summed E-state index contributed by atoms with van der Waals surface area (Å²) in [6, 6.07) is 2.91. The first-order valence-electron chi connectivity index (χ1n) is 6.16. The standard InChI is InChI=1S/C13H17FN2O3/c1-3-4-5-8-15(2)13(17)11-9-10(14)6-7-12(11)16(18)19/h6-7,9H,3-5,8H2,1-2H3. The van der Waals surface area contributed by atoms with Crippen molar-refractivity contribution in [1.82, 2.24) is 4.90 Å². The summed E-state index contributed by atoms with van der Waals surface area (Å²) < 4.78 is 13.1. The number of nitrogens with zero attached hydrogens (tertiary/aromatic N) is 2. The minimum absolute atomic E-state index is 0.205. The summed E-state index contributed by atoms with van der Waals surface area (Å²) in [5.74, 6) is -1.18. The van der Waals surface area contributed by atoms with E-state index in [1.54, 1.807) is 7.05 Å². The van der Waals surface area contributed by atoms with Crippen LogP contribution in [0.4, 0.5) is 10.1 Å². The number of rotatable bonds is 6. The second-order valence-electron chi connectivity index (χ2n) is 4.35. The molecule has 0 atom stereocenters. The van der Waals surface area contributed by atoms with E-state index in [1.807, 2.05) is 6.92 Å². The van der Waals surface area contributed by atoms with Gasteiger partial charge in [0.05, 0.1) is 4.92 Å². The van der Waals surface area contributed by atoms with Crippen molar-refractivity contribution in [2.45, 2.75) is 26.2 Å². The first kappa shape index (κ1) is 15.1. The minimum Gasteiger partial charge on any atom is -0.341 e. The number of halogens is 1. The summed E-state index contributed by atoms with van der Waals surface area (Å²) in [7, 11) is 1.56. The van der Waals surface area contributed by atoms with Gasteiger partial charge in [0.15, 0.2) is 0 Å². The molecule has 0 unspecified atom stereocenters. The van der Waals surface area contributed by atoms with Crippen molar-refractivity contribution in [2.75, 3.05) is 13.6 Å². The summed E-state index contributed by atoms with van der Waals surface area (Å²) in [6.07, 6.45) is 2.81. The van der Waals surface area contributed by atoms with Gasteiger partial charge >= 0.3 is 0 Å². The van der Waals surface area contributed by atoms with Crippen molar-refractivity contribution in [3.63, 3.8) is 0 Å². The first-order chi connectivity index (χ1) is 8.97. The highest BCUT2D eigenvalue weighted by molar-refractivity contribution is 5.98. The number of hydrogen-bond donors (Lipinski definition) is 0. The number of hydrogen-bond acceptors (Lipinski definition) is 3. The Hall–Kier alpha value is -1.98. The molecular weight excluding hydrogens is 251 g/mol. The van der Waals surface area contributed by atoms with Gasteiger partial charge in [0.2, 0.25) is 0 Å². The lowest BCUT2D eigenvalue weighted by molar-refractivity contribution is -0.385. The minimum atomic E-state index is -0.674. The van der Waals surface area contributed by atoms with Gasteiger partial charge in [-0.1, -0.05) is 19.8 Å². The van der Waals surface area contributed by atoms with Crippen LogP contribution in [0.1, 0.15) is 36.5 Å². The van der Waals surface area contributed by atoms with Gasteiger partial charge in [-0.25, -0.2) is 4.39 Å². The van der Waals surface area contributed by atoms with Gasteiger partial charge in [0.25, 0.3) is 11.6 Å². The molecule has 104 valence electrons. The number of nitro groups is 1. The molecule has 1 aromatic rings. The van der Waals surface area contributed by atoms with Crippen molar-refractivity contribution in [2.24, 2.45) is 0 Å². The molecule has 0 fully saturated rings. The molecule has 0 heterocycles. The number of amides is 1. The van der Waals surface area contributed by atoms with Crippen LogP contribution in [0.15, 0.2) is 18.2 Å². The first-order valence-corrected chi connectivity index (χ1v) is 6.16. The smallest absolute Gasteiger partial charge is 0.282 e. The van der Waals surface area contributed by atoms with E-state index < -0.39 is 16.6 Å². The molecule has 1 rings (SSSR count). The van der Waals surface area contributed by atoms with Crippen LogP contribution < -0.4 is 0 Å². The maximum atomic E-state index is 13.1. The normalized spacial score (nSPS) is 10.3. The van der Waals surface area contributed by atoms with E-state index in [-0.39, 0.29) is 11.3 Å². The number of nitro benzene ring substituents is 1. The largest absolute Gasteiger partial charge is 0.341 e. The Bertz CT molecular complexity index is 477. The van der Waals surface area contributed by atoms with Crippen molar-refractivity contribution in [1.29, 1.82) is 0 Å². The predicted molar refractivity (Wildman–Crippen MR) is 69.5 cm³/mol. The summed E-state index contributed by atoms with van der Waals surface area (Å²) in [5, 5.41) is 10.8. The molecule has 0 N–H and O–H groups in total. The zero-order chi connectivity index (χ0) is 14.4. The Morgan fingerprint density at radius 1 is 1.42 bits per heavy atom. The molecule has 5 nitrogen and oxygen atoms in total. The van der Waals surface area contributed by atoms with Crippen molar-refractivity contribution in [3.05, 3.63) is 39.7 Å². The van der Waals surface area contributed by atoms with Crippen LogP contribution in [-0.4, -0.2) is 29.3 Å². The second-order valence-corrected chi connectivity index (χ2v) is 4.35. The third kappa shape index (κ3) is 4.01. The van der Waals surface area contributed by atoms with Gasteiger partial charge in [0, 0.05) is 19.7 Å². The SMILES string of the molecule is CCCCCN(C)C(=O)c1cc(F)ccc1[N+](=O)[O-]. The van der Waals surface area contributed by atoms with Crippen LogP contribution in [-0.2, 0) is 0 Å². The number of unbranched alkanes of at least 4 members (excludes halogenated alkanes) is 2.